The van der Waals surface area contributed by atoms with Crippen molar-refractivity contribution in [2.24, 2.45) is 7.05 Å². The molecule has 148 valence electrons. The van der Waals surface area contributed by atoms with E-state index in [-0.39, 0.29) is 24.4 Å². The van der Waals surface area contributed by atoms with Gasteiger partial charge in [0.1, 0.15) is 0 Å². The van der Waals surface area contributed by atoms with Crippen LogP contribution in [0.15, 0.2) is 24.3 Å². The van der Waals surface area contributed by atoms with Crippen LogP contribution in [0.5, 0.6) is 0 Å². The molecule has 0 radical (unpaired) electrons. The fraction of sp³-hybridized carbons (Fsp3) is 0.412. The van der Waals surface area contributed by atoms with Gasteiger partial charge in [0.05, 0.1) is 11.7 Å². The van der Waals surface area contributed by atoms with Gasteiger partial charge in [-0.3, -0.25) is 4.79 Å². The Labute approximate surface area is 168 Å². The van der Waals surface area contributed by atoms with Crippen LogP contribution in [0.25, 0.3) is 11.4 Å². The summed E-state index contributed by atoms with van der Waals surface area (Å²) in [5.74, 6) is 0.347. The number of halogens is 1. The fourth-order valence-electron chi connectivity index (χ4n) is 3.35. The first-order chi connectivity index (χ1) is 13.1. The van der Waals surface area contributed by atoms with Gasteiger partial charge in [0.15, 0.2) is 11.5 Å². The number of carbonyl (C=O) groups is 1. The van der Waals surface area contributed by atoms with E-state index in [9.17, 15) is 4.79 Å². The normalized spacial score (nSPS) is 14.5. The molecular weight excluding hydrogens is 382 g/mol. The van der Waals surface area contributed by atoms with Crippen molar-refractivity contribution < 1.29 is 4.79 Å². The van der Waals surface area contributed by atoms with Gasteiger partial charge in [-0.15, -0.1) is 22.6 Å². The second kappa shape index (κ2) is 8.44. The van der Waals surface area contributed by atoms with Crippen molar-refractivity contribution in [3.05, 3.63) is 35.7 Å². The van der Waals surface area contributed by atoms with Crippen molar-refractivity contribution in [3.8, 4) is 11.4 Å². The van der Waals surface area contributed by atoms with Crippen molar-refractivity contribution in [2.45, 2.75) is 25.8 Å². The first-order valence-corrected chi connectivity index (χ1v) is 8.90. The highest BCUT2D eigenvalue weighted by molar-refractivity contribution is 6.03. The van der Waals surface area contributed by atoms with E-state index in [0.717, 1.165) is 37.2 Å². The lowest BCUT2D eigenvalue weighted by molar-refractivity contribution is 0.102. The van der Waals surface area contributed by atoms with Crippen LogP contribution < -0.4 is 10.6 Å². The second-order valence-electron chi connectivity index (χ2n) is 6.61. The number of nitrogens with one attached hydrogen (secondary N) is 2. The topological polar surface area (TPSA) is 115 Å². The molecule has 0 saturated carbocycles. The van der Waals surface area contributed by atoms with Gasteiger partial charge in [0, 0.05) is 18.3 Å². The van der Waals surface area contributed by atoms with E-state index in [1.807, 2.05) is 35.9 Å². The minimum atomic E-state index is -0.277. The van der Waals surface area contributed by atoms with E-state index in [1.54, 1.807) is 11.7 Å². The molecule has 0 aliphatic carbocycles. The third-order valence-electron chi connectivity index (χ3n) is 4.80. The molecule has 11 heteroatoms. The van der Waals surface area contributed by atoms with Crippen molar-refractivity contribution >= 4 is 24.0 Å². The number of aryl methyl sites for hydroxylation is 1. The standard InChI is InChI=1S/C17H21N9O.ClH/c1-11-15(20-23-26(11)14-6-8-18-9-7-14)17(27)19-13-5-3-4-12(10-13)16-21-22-24-25(16)2;/h3-5,10,14,18H,6-9H2,1-2H3,(H,19,27);1H. The van der Waals surface area contributed by atoms with Crippen molar-refractivity contribution in [2.75, 3.05) is 18.4 Å². The molecule has 10 nitrogen and oxygen atoms in total. The van der Waals surface area contributed by atoms with Crippen LogP contribution in [0, 0.1) is 6.92 Å². The Kier molecular flexibility index (Phi) is 6.00. The number of hydrogen-bond donors (Lipinski definition) is 2. The number of tetrazole rings is 1. The molecule has 4 rings (SSSR count). The summed E-state index contributed by atoms with van der Waals surface area (Å²) in [5, 5.41) is 26.0. The summed E-state index contributed by atoms with van der Waals surface area (Å²) in [6.45, 7) is 3.79. The van der Waals surface area contributed by atoms with Crippen LogP contribution in [0.3, 0.4) is 0 Å². The van der Waals surface area contributed by atoms with Gasteiger partial charge in [-0.1, -0.05) is 17.3 Å². The van der Waals surface area contributed by atoms with Gasteiger partial charge in [-0.2, -0.15) is 0 Å². The maximum absolute atomic E-state index is 12.7. The Balaban J connectivity index is 0.00000225. The average Bonchev–Trinajstić information content (AvgIpc) is 3.28. The van der Waals surface area contributed by atoms with E-state index in [1.165, 1.54) is 0 Å². The largest absolute Gasteiger partial charge is 0.321 e. The number of hydrogen-bond acceptors (Lipinski definition) is 7. The molecule has 2 aromatic heterocycles. The molecule has 1 fully saturated rings. The molecule has 1 amide bonds. The van der Waals surface area contributed by atoms with Crippen LogP contribution in [-0.4, -0.2) is 54.2 Å². The molecule has 1 saturated heterocycles. The summed E-state index contributed by atoms with van der Waals surface area (Å²) in [4.78, 5) is 12.7. The lowest BCUT2D eigenvalue weighted by atomic mass is 10.1. The first kappa shape index (κ1) is 19.9. The third-order valence-corrected chi connectivity index (χ3v) is 4.80. The summed E-state index contributed by atoms with van der Waals surface area (Å²) in [6, 6.07) is 7.67. The number of rotatable bonds is 4. The van der Waals surface area contributed by atoms with Gasteiger partial charge in [0.25, 0.3) is 5.91 Å². The minimum absolute atomic E-state index is 0. The lowest BCUT2D eigenvalue weighted by Crippen LogP contribution is -2.30. The monoisotopic (exact) mass is 403 g/mol. The van der Waals surface area contributed by atoms with Crippen molar-refractivity contribution in [1.82, 2.24) is 40.5 Å². The number of carbonyl (C=O) groups excluding carboxylic acids is 1. The van der Waals surface area contributed by atoms with E-state index in [4.69, 9.17) is 0 Å². The van der Waals surface area contributed by atoms with E-state index in [2.05, 4.69) is 36.5 Å². The predicted octanol–water partition coefficient (Wildman–Crippen LogP) is 1.38. The first-order valence-electron chi connectivity index (χ1n) is 8.90. The molecule has 1 aliphatic rings. The zero-order valence-corrected chi connectivity index (χ0v) is 16.5. The zero-order chi connectivity index (χ0) is 18.8. The zero-order valence-electron chi connectivity index (χ0n) is 15.7. The number of anilines is 1. The van der Waals surface area contributed by atoms with Gasteiger partial charge < -0.3 is 10.6 Å². The van der Waals surface area contributed by atoms with Crippen LogP contribution >= 0.6 is 12.4 Å². The van der Waals surface area contributed by atoms with E-state index in [0.29, 0.717) is 17.2 Å². The fourth-order valence-corrected chi connectivity index (χ4v) is 3.35. The predicted molar refractivity (Wildman–Crippen MR) is 105 cm³/mol. The SMILES string of the molecule is Cc1c(C(=O)Nc2cccc(-c3nnnn3C)c2)nnn1C1CCNCC1.Cl. The number of piperidine rings is 1. The van der Waals surface area contributed by atoms with Gasteiger partial charge >= 0.3 is 0 Å². The van der Waals surface area contributed by atoms with Crippen LogP contribution in [0.2, 0.25) is 0 Å². The number of aromatic nitrogens is 7. The van der Waals surface area contributed by atoms with Crippen molar-refractivity contribution in [1.29, 1.82) is 0 Å². The maximum atomic E-state index is 12.7. The Morgan fingerprint density at radius 2 is 2.00 bits per heavy atom. The summed E-state index contributed by atoms with van der Waals surface area (Å²) in [5.41, 5.74) is 2.60. The number of amides is 1. The molecule has 1 aliphatic heterocycles. The molecule has 2 N–H and O–H groups in total. The molecule has 3 aromatic rings. The number of nitrogens with zero attached hydrogens (tertiary/aromatic N) is 7. The average molecular weight is 404 g/mol. The van der Waals surface area contributed by atoms with Crippen molar-refractivity contribution in [3.63, 3.8) is 0 Å². The molecule has 0 unspecified atom stereocenters. The van der Waals surface area contributed by atoms with E-state index < -0.39 is 0 Å². The highest BCUT2D eigenvalue weighted by atomic mass is 35.5. The highest BCUT2D eigenvalue weighted by Gasteiger charge is 2.23. The Morgan fingerprint density at radius 1 is 1.21 bits per heavy atom. The molecule has 0 bridgehead atoms. The Morgan fingerprint density at radius 3 is 2.71 bits per heavy atom. The minimum Gasteiger partial charge on any atom is -0.321 e. The quantitative estimate of drug-likeness (QED) is 0.675. The summed E-state index contributed by atoms with van der Waals surface area (Å²) in [6.07, 6.45) is 1.97. The maximum Gasteiger partial charge on any atom is 0.278 e. The van der Waals surface area contributed by atoms with Gasteiger partial charge in [-0.05, 0) is 55.4 Å². The van der Waals surface area contributed by atoms with Gasteiger partial charge in [-0.25, -0.2) is 9.36 Å². The van der Waals surface area contributed by atoms with Gasteiger partial charge in [0.2, 0.25) is 0 Å². The molecular formula is C17H22ClN9O. The molecule has 28 heavy (non-hydrogen) atoms. The van der Waals surface area contributed by atoms with Crippen LogP contribution in [-0.2, 0) is 7.05 Å². The Bertz CT molecular complexity index is 961. The highest BCUT2D eigenvalue weighted by Crippen LogP contribution is 2.22. The molecule has 1 aromatic carbocycles. The lowest BCUT2D eigenvalue weighted by Gasteiger charge is -2.23. The van der Waals surface area contributed by atoms with Crippen LogP contribution in [0.4, 0.5) is 5.69 Å². The summed E-state index contributed by atoms with van der Waals surface area (Å²) < 4.78 is 3.45. The van der Waals surface area contributed by atoms with E-state index >= 15 is 0 Å². The third kappa shape index (κ3) is 3.87. The summed E-state index contributed by atoms with van der Waals surface area (Å²) in [7, 11) is 1.77. The molecule has 3 heterocycles. The second-order valence-corrected chi connectivity index (χ2v) is 6.61. The molecule has 0 atom stereocenters. The Hall–Kier alpha value is -2.85. The van der Waals surface area contributed by atoms with Crippen LogP contribution in [0.1, 0.15) is 35.1 Å². The molecule has 0 spiro atoms. The smallest absolute Gasteiger partial charge is 0.278 e. The number of benzene rings is 1. The summed E-state index contributed by atoms with van der Waals surface area (Å²) >= 11 is 0.